The van der Waals surface area contributed by atoms with Crippen molar-refractivity contribution in [3.63, 3.8) is 0 Å². The second kappa shape index (κ2) is 6.01. The maximum atomic E-state index is 11.1. The van der Waals surface area contributed by atoms with Gasteiger partial charge in [0.15, 0.2) is 0 Å². The molecule has 0 aliphatic carbocycles. The van der Waals surface area contributed by atoms with Crippen LogP contribution >= 0.6 is 0 Å². The van der Waals surface area contributed by atoms with Crippen LogP contribution < -0.4 is 5.32 Å². The summed E-state index contributed by atoms with van der Waals surface area (Å²) in [4.78, 5) is 11.1. The Balaban J connectivity index is 2.97. The van der Waals surface area contributed by atoms with Gasteiger partial charge < -0.3 is 25.4 Å². The van der Waals surface area contributed by atoms with E-state index in [1.165, 1.54) is 6.92 Å². The van der Waals surface area contributed by atoms with E-state index in [0.717, 1.165) is 0 Å². The third kappa shape index (κ3) is 2.85. The van der Waals surface area contributed by atoms with Crippen molar-refractivity contribution in [2.24, 2.45) is 5.92 Å². The largest absolute Gasteiger partial charge is 0.394 e. The maximum Gasteiger partial charge on any atom is 0.217 e. The molecular weight excluding hydrogens is 237 g/mol. The first-order chi connectivity index (χ1) is 8.39. The van der Waals surface area contributed by atoms with Gasteiger partial charge in [0.1, 0.15) is 14.0 Å². The molecular formula is C11H22BNO5. The molecule has 0 radical (unpaired) electrons. The number of nitrogens with one attached hydrogen (secondary N) is 1. The van der Waals surface area contributed by atoms with Crippen molar-refractivity contribution in [3.05, 3.63) is 0 Å². The van der Waals surface area contributed by atoms with Crippen molar-refractivity contribution in [2.75, 3.05) is 13.2 Å². The summed E-state index contributed by atoms with van der Waals surface area (Å²) in [7, 11) is 1.71. The van der Waals surface area contributed by atoms with Crippen LogP contribution in [-0.4, -0.2) is 66.0 Å². The Bertz CT molecular complexity index is 303. The Kier molecular flexibility index (Phi) is 5.15. The molecule has 0 aromatic rings. The summed E-state index contributed by atoms with van der Waals surface area (Å²) in [5, 5.41) is 31.7. The molecule has 3 unspecified atom stereocenters. The van der Waals surface area contributed by atoms with E-state index in [-0.39, 0.29) is 25.0 Å². The van der Waals surface area contributed by atoms with E-state index >= 15 is 0 Å². The van der Waals surface area contributed by atoms with Crippen LogP contribution in [0.5, 0.6) is 0 Å². The van der Waals surface area contributed by atoms with Crippen LogP contribution in [0.4, 0.5) is 0 Å². The third-order valence-corrected chi connectivity index (χ3v) is 3.69. The number of aliphatic hydroxyl groups excluding tert-OH is 3. The van der Waals surface area contributed by atoms with Crippen LogP contribution in [0.15, 0.2) is 0 Å². The van der Waals surface area contributed by atoms with Crippen molar-refractivity contribution in [3.8, 4) is 0 Å². The van der Waals surface area contributed by atoms with E-state index in [9.17, 15) is 20.1 Å². The first-order valence-electron chi connectivity index (χ1n) is 6.24. The van der Waals surface area contributed by atoms with Crippen LogP contribution in [0.3, 0.4) is 0 Å². The van der Waals surface area contributed by atoms with E-state index in [0.29, 0.717) is 6.42 Å². The van der Waals surface area contributed by atoms with Gasteiger partial charge in [0.2, 0.25) is 5.91 Å². The van der Waals surface area contributed by atoms with E-state index < -0.39 is 23.8 Å². The van der Waals surface area contributed by atoms with Crippen molar-refractivity contribution < 1.29 is 24.9 Å². The van der Waals surface area contributed by atoms with E-state index in [4.69, 9.17) is 4.74 Å². The van der Waals surface area contributed by atoms with Crippen LogP contribution in [-0.2, 0) is 9.53 Å². The molecule has 1 heterocycles. The number of carbonyl (C=O) groups is 1. The molecule has 6 nitrogen and oxygen atoms in total. The third-order valence-electron chi connectivity index (χ3n) is 3.69. The highest BCUT2D eigenvalue weighted by Crippen LogP contribution is 2.34. The lowest BCUT2D eigenvalue weighted by Crippen LogP contribution is -2.67. The Labute approximate surface area is 108 Å². The molecule has 4 N–H and O–H groups in total. The molecule has 0 saturated carbocycles. The predicted molar refractivity (Wildman–Crippen MR) is 67.7 cm³/mol. The van der Waals surface area contributed by atoms with Crippen LogP contribution in [0, 0.1) is 5.92 Å². The van der Waals surface area contributed by atoms with E-state index in [1.807, 2.05) is 6.92 Å². The molecule has 5 atom stereocenters. The number of amides is 1. The maximum absolute atomic E-state index is 11.1. The van der Waals surface area contributed by atoms with E-state index in [2.05, 4.69) is 5.32 Å². The molecule has 1 rings (SSSR count). The molecule has 1 amide bonds. The van der Waals surface area contributed by atoms with Gasteiger partial charge in [0, 0.05) is 12.8 Å². The molecule has 1 saturated heterocycles. The normalized spacial score (nSPS) is 40.5. The predicted octanol–water partition coefficient (Wildman–Crippen LogP) is -2.41. The topological polar surface area (TPSA) is 99.0 Å². The number of hydrogen-bond acceptors (Lipinski definition) is 5. The molecule has 7 heteroatoms. The molecule has 1 aliphatic rings. The van der Waals surface area contributed by atoms with Crippen molar-refractivity contribution in [1.29, 1.82) is 0 Å². The molecule has 18 heavy (non-hydrogen) atoms. The summed E-state index contributed by atoms with van der Waals surface area (Å²) in [6.45, 7) is 2.66. The lowest BCUT2D eigenvalue weighted by atomic mass is 9.64. The lowest BCUT2D eigenvalue weighted by molar-refractivity contribution is -0.200. The van der Waals surface area contributed by atoms with Crippen LogP contribution in [0.2, 0.25) is 0 Å². The number of carbonyl (C=O) groups excluding carboxylic acids is 1. The van der Waals surface area contributed by atoms with Gasteiger partial charge in [0.05, 0.1) is 30.9 Å². The van der Waals surface area contributed by atoms with Gasteiger partial charge in [-0.3, -0.25) is 4.79 Å². The highest BCUT2D eigenvalue weighted by molar-refractivity contribution is 6.15. The zero-order valence-corrected chi connectivity index (χ0v) is 11.1. The minimum absolute atomic E-state index is 0.244. The summed E-state index contributed by atoms with van der Waals surface area (Å²) in [6.07, 6.45) is -0.974. The summed E-state index contributed by atoms with van der Waals surface area (Å²) in [6, 6.07) is -0.655. The summed E-state index contributed by atoms with van der Waals surface area (Å²) in [5.41, 5.74) is -0.906. The second-order valence-electron chi connectivity index (χ2n) is 5.04. The second-order valence-corrected chi connectivity index (χ2v) is 5.04. The average Bonchev–Trinajstić information content (AvgIpc) is 2.32. The van der Waals surface area contributed by atoms with Gasteiger partial charge in [-0.1, -0.05) is 6.92 Å². The fourth-order valence-corrected chi connectivity index (χ4v) is 2.73. The quantitative estimate of drug-likeness (QED) is 0.421. The number of rotatable bonds is 4. The molecule has 0 aromatic heterocycles. The summed E-state index contributed by atoms with van der Waals surface area (Å²) in [5.74, 6) is -0.592. The Morgan fingerprint density at radius 3 is 2.50 bits per heavy atom. The SMILES string of the molecule is BC1(CO)O[C@@H](CO)C(NC(C)=O)C(O)[C@@H]1CC. The first-order valence-corrected chi connectivity index (χ1v) is 6.24. The zero-order valence-electron chi connectivity index (χ0n) is 11.1. The van der Waals surface area contributed by atoms with Gasteiger partial charge in [-0.15, -0.1) is 0 Å². The van der Waals surface area contributed by atoms with Crippen LogP contribution in [0.1, 0.15) is 20.3 Å². The minimum atomic E-state index is -0.906. The van der Waals surface area contributed by atoms with Gasteiger partial charge in [-0.25, -0.2) is 0 Å². The smallest absolute Gasteiger partial charge is 0.217 e. The van der Waals surface area contributed by atoms with Crippen molar-refractivity contribution in [2.45, 2.75) is 44.0 Å². The number of aliphatic hydroxyl groups is 3. The van der Waals surface area contributed by atoms with Gasteiger partial charge in [-0.2, -0.15) is 0 Å². The van der Waals surface area contributed by atoms with Gasteiger partial charge in [-0.05, 0) is 6.42 Å². The Hall–Kier alpha value is -0.625. The lowest BCUT2D eigenvalue weighted by Gasteiger charge is -2.50. The molecule has 1 aliphatic heterocycles. The molecule has 0 spiro atoms. The number of hydrogen-bond donors (Lipinski definition) is 4. The first kappa shape index (κ1) is 15.4. The Morgan fingerprint density at radius 2 is 2.11 bits per heavy atom. The highest BCUT2D eigenvalue weighted by Gasteiger charge is 2.50. The average molecular weight is 259 g/mol. The zero-order chi connectivity index (χ0) is 13.9. The fraction of sp³-hybridized carbons (Fsp3) is 0.909. The van der Waals surface area contributed by atoms with Gasteiger partial charge >= 0.3 is 0 Å². The Morgan fingerprint density at radius 1 is 1.50 bits per heavy atom. The molecule has 104 valence electrons. The fourth-order valence-electron chi connectivity index (χ4n) is 2.73. The summed E-state index contributed by atoms with van der Waals surface area (Å²) < 4.78 is 5.68. The van der Waals surface area contributed by atoms with Crippen molar-refractivity contribution >= 4 is 13.8 Å². The molecule has 1 fully saturated rings. The molecule has 0 aromatic carbocycles. The van der Waals surface area contributed by atoms with Crippen molar-refractivity contribution in [1.82, 2.24) is 5.32 Å². The monoisotopic (exact) mass is 259 g/mol. The summed E-state index contributed by atoms with van der Waals surface area (Å²) >= 11 is 0. The van der Waals surface area contributed by atoms with Gasteiger partial charge in [0.25, 0.3) is 0 Å². The van der Waals surface area contributed by atoms with E-state index in [1.54, 1.807) is 7.85 Å². The minimum Gasteiger partial charge on any atom is -0.394 e. The standard InChI is InChI=1S/C11H22BNO5/c1-3-7-10(17)9(13-6(2)16)8(4-14)18-11(7,12)5-15/h7-10,14-15,17H,3-5,12H2,1-2H3,(H,13,16)/t7-,8-,9?,10?,11?/m0/s1. The molecule has 0 bridgehead atoms. The number of ether oxygens (including phenoxy) is 1. The van der Waals surface area contributed by atoms with Crippen LogP contribution in [0.25, 0.3) is 0 Å². The highest BCUT2D eigenvalue weighted by atomic mass is 16.5.